The van der Waals surface area contributed by atoms with Crippen molar-refractivity contribution in [3.63, 3.8) is 0 Å². The molecule has 2 aromatic heterocycles. The van der Waals surface area contributed by atoms with Gasteiger partial charge in [-0.25, -0.2) is 19.9 Å². The highest BCUT2D eigenvalue weighted by atomic mass is 16.5. The summed E-state index contributed by atoms with van der Waals surface area (Å²) in [5, 5.41) is 4.13. The smallest absolute Gasteiger partial charge is 0.230 e. The number of hydrogen-bond acceptors (Lipinski definition) is 7. The van der Waals surface area contributed by atoms with Gasteiger partial charge in [0.2, 0.25) is 11.9 Å². The van der Waals surface area contributed by atoms with Gasteiger partial charge in [-0.1, -0.05) is 60.7 Å². The molecule has 1 aliphatic rings. The van der Waals surface area contributed by atoms with E-state index in [0.29, 0.717) is 30.3 Å². The quantitative estimate of drug-likeness (QED) is 0.347. The normalized spacial score (nSPS) is 14.9. The molecular formula is C29H23N5O2. The lowest BCUT2D eigenvalue weighted by molar-refractivity contribution is 0.0962. The monoisotopic (exact) mass is 473 g/mol. The zero-order chi connectivity index (χ0) is 24.5. The van der Waals surface area contributed by atoms with E-state index in [4.69, 9.17) is 14.7 Å². The van der Waals surface area contributed by atoms with Gasteiger partial charge in [0, 0.05) is 23.6 Å². The van der Waals surface area contributed by atoms with Gasteiger partial charge in [-0.15, -0.1) is 0 Å². The van der Waals surface area contributed by atoms with Crippen LogP contribution in [0.25, 0.3) is 22.2 Å². The fourth-order valence-electron chi connectivity index (χ4n) is 4.67. The highest BCUT2D eigenvalue weighted by Gasteiger charge is 2.28. The van der Waals surface area contributed by atoms with Crippen LogP contribution in [0.2, 0.25) is 0 Å². The second-order valence-corrected chi connectivity index (χ2v) is 8.76. The van der Waals surface area contributed by atoms with Crippen LogP contribution in [0, 0.1) is 0 Å². The Balaban J connectivity index is 1.33. The summed E-state index contributed by atoms with van der Waals surface area (Å²) in [6.07, 6.45) is 2.69. The van der Waals surface area contributed by atoms with E-state index in [2.05, 4.69) is 15.3 Å². The molecule has 1 N–H and O–H groups in total. The Bertz CT molecular complexity index is 1570. The van der Waals surface area contributed by atoms with Crippen LogP contribution < -0.4 is 10.1 Å². The number of fused-ring (bicyclic) bond motifs is 2. The summed E-state index contributed by atoms with van der Waals surface area (Å²) in [6.45, 7) is 0. The Morgan fingerprint density at radius 3 is 2.42 bits per heavy atom. The van der Waals surface area contributed by atoms with Crippen molar-refractivity contribution in [2.45, 2.75) is 18.8 Å². The minimum absolute atomic E-state index is 0.0527. The first kappa shape index (κ1) is 21.9. The van der Waals surface area contributed by atoms with Gasteiger partial charge in [0.15, 0.2) is 5.78 Å². The lowest BCUT2D eigenvalue weighted by Crippen LogP contribution is -2.21. The fraction of sp³-hybridized carbons (Fsp3) is 0.138. The highest BCUT2D eigenvalue weighted by Crippen LogP contribution is 2.33. The molecule has 0 saturated heterocycles. The third-order valence-corrected chi connectivity index (χ3v) is 6.50. The molecule has 6 rings (SSSR count). The molecule has 0 saturated carbocycles. The molecule has 0 aliphatic heterocycles. The van der Waals surface area contributed by atoms with Gasteiger partial charge in [0.1, 0.15) is 5.75 Å². The van der Waals surface area contributed by atoms with Crippen molar-refractivity contribution in [2.24, 2.45) is 0 Å². The van der Waals surface area contributed by atoms with E-state index in [1.165, 1.54) is 0 Å². The highest BCUT2D eigenvalue weighted by molar-refractivity contribution is 5.98. The topological polar surface area (TPSA) is 89.9 Å². The number of ether oxygens (including phenoxy) is 1. The van der Waals surface area contributed by atoms with Crippen LogP contribution in [0.5, 0.6) is 5.75 Å². The molecule has 7 nitrogen and oxygen atoms in total. The number of nitrogens with one attached hydrogen (secondary N) is 1. The van der Waals surface area contributed by atoms with E-state index in [1.807, 2.05) is 78.9 Å². The summed E-state index contributed by atoms with van der Waals surface area (Å²) in [4.78, 5) is 31.4. The lowest BCUT2D eigenvalue weighted by Gasteiger charge is -2.23. The van der Waals surface area contributed by atoms with Crippen LogP contribution in [0.1, 0.15) is 34.0 Å². The Labute approximate surface area is 208 Å². The zero-order valence-electron chi connectivity index (χ0n) is 19.7. The Kier molecular flexibility index (Phi) is 5.58. The summed E-state index contributed by atoms with van der Waals surface area (Å²) < 4.78 is 5.26. The zero-order valence-corrected chi connectivity index (χ0v) is 19.7. The van der Waals surface area contributed by atoms with Crippen molar-refractivity contribution in [2.75, 3.05) is 12.4 Å². The standard InChI is InChI=1S/C29H23N5O2/c1-36-21-13-11-18(12-14-21)20-15-25-23(26(35)16-20)17-30-28(32-25)34-29-31-24-10-6-5-9-22(24)27(33-29)19-7-3-2-4-8-19/h2-14,17,20H,15-16H2,1H3,(H,30,31,32,33,34)/t20-/m1/s1. The molecule has 7 heteroatoms. The van der Waals surface area contributed by atoms with E-state index in [-0.39, 0.29) is 11.7 Å². The average molecular weight is 474 g/mol. The second kappa shape index (κ2) is 9.19. The van der Waals surface area contributed by atoms with Crippen molar-refractivity contribution in [1.82, 2.24) is 19.9 Å². The van der Waals surface area contributed by atoms with Gasteiger partial charge in [-0.2, -0.15) is 0 Å². The maximum Gasteiger partial charge on any atom is 0.230 e. The van der Waals surface area contributed by atoms with E-state index < -0.39 is 0 Å². The number of rotatable bonds is 5. The molecule has 0 bridgehead atoms. The van der Waals surface area contributed by atoms with Crippen molar-refractivity contribution in [3.8, 4) is 17.0 Å². The number of ketones is 1. The van der Waals surface area contributed by atoms with Crippen molar-refractivity contribution < 1.29 is 9.53 Å². The van der Waals surface area contributed by atoms with Crippen LogP contribution in [-0.4, -0.2) is 32.8 Å². The van der Waals surface area contributed by atoms with E-state index in [1.54, 1.807) is 13.3 Å². The van der Waals surface area contributed by atoms with Gasteiger partial charge < -0.3 is 4.74 Å². The van der Waals surface area contributed by atoms with Crippen LogP contribution in [-0.2, 0) is 6.42 Å². The predicted molar refractivity (Wildman–Crippen MR) is 139 cm³/mol. The largest absolute Gasteiger partial charge is 0.497 e. The molecule has 0 fully saturated rings. The van der Waals surface area contributed by atoms with Gasteiger partial charge >= 0.3 is 0 Å². The molecule has 0 spiro atoms. The number of benzene rings is 3. The Morgan fingerprint density at radius 2 is 1.61 bits per heavy atom. The summed E-state index contributed by atoms with van der Waals surface area (Å²) in [5.41, 5.74) is 5.05. The van der Waals surface area contributed by atoms with E-state index in [0.717, 1.165) is 39.2 Å². The minimum Gasteiger partial charge on any atom is -0.497 e. The van der Waals surface area contributed by atoms with Crippen LogP contribution in [0.15, 0.2) is 85.1 Å². The Morgan fingerprint density at radius 1 is 0.833 bits per heavy atom. The molecule has 1 aliphatic carbocycles. The third kappa shape index (κ3) is 4.15. The van der Waals surface area contributed by atoms with E-state index in [9.17, 15) is 4.79 Å². The summed E-state index contributed by atoms with van der Waals surface area (Å²) in [7, 11) is 1.64. The first-order valence-electron chi connectivity index (χ1n) is 11.8. The maximum atomic E-state index is 12.9. The van der Waals surface area contributed by atoms with Gasteiger partial charge in [-0.05, 0) is 36.1 Å². The number of hydrogen-bond donors (Lipinski definition) is 1. The average Bonchev–Trinajstić information content (AvgIpc) is 2.93. The maximum absolute atomic E-state index is 12.9. The molecule has 5 aromatic rings. The van der Waals surface area contributed by atoms with Crippen molar-refractivity contribution >= 4 is 28.6 Å². The molecule has 176 valence electrons. The molecule has 0 unspecified atom stereocenters. The number of nitrogens with zero attached hydrogens (tertiary/aromatic N) is 4. The number of Topliss-reactive ketones (excluding diaryl/α,β-unsaturated/α-hetero) is 1. The first-order chi connectivity index (χ1) is 17.7. The lowest BCUT2D eigenvalue weighted by atomic mass is 9.82. The number of para-hydroxylation sites is 1. The van der Waals surface area contributed by atoms with Crippen molar-refractivity contribution in [1.29, 1.82) is 0 Å². The molecule has 1 atom stereocenters. The van der Waals surface area contributed by atoms with Gasteiger partial charge in [0.05, 0.1) is 29.6 Å². The molecule has 0 radical (unpaired) electrons. The third-order valence-electron chi connectivity index (χ3n) is 6.50. The van der Waals surface area contributed by atoms with Gasteiger partial charge in [0.25, 0.3) is 0 Å². The van der Waals surface area contributed by atoms with Crippen LogP contribution in [0.3, 0.4) is 0 Å². The predicted octanol–water partition coefficient (Wildman–Crippen LogP) is 5.75. The van der Waals surface area contributed by atoms with Crippen LogP contribution >= 0.6 is 0 Å². The first-order valence-corrected chi connectivity index (χ1v) is 11.8. The summed E-state index contributed by atoms with van der Waals surface area (Å²) in [5.74, 6) is 1.67. The Hall–Kier alpha value is -4.65. The summed E-state index contributed by atoms with van der Waals surface area (Å²) >= 11 is 0. The number of anilines is 2. The number of carbonyl (C=O) groups is 1. The molecule has 2 heterocycles. The number of aromatic nitrogens is 4. The SMILES string of the molecule is COc1ccc([C@H]2CC(=O)c3cnc(Nc4nc(-c5ccccc5)c5ccccc5n4)nc3C2)cc1. The fourth-order valence-corrected chi connectivity index (χ4v) is 4.67. The second-order valence-electron chi connectivity index (χ2n) is 8.76. The van der Waals surface area contributed by atoms with Crippen molar-refractivity contribution in [3.05, 3.63) is 102 Å². The molecule has 0 amide bonds. The number of carbonyl (C=O) groups excluding carboxylic acids is 1. The van der Waals surface area contributed by atoms with Gasteiger partial charge in [-0.3, -0.25) is 10.1 Å². The molecule has 3 aromatic carbocycles. The molecule has 36 heavy (non-hydrogen) atoms. The van der Waals surface area contributed by atoms with Crippen LogP contribution in [0.4, 0.5) is 11.9 Å². The summed E-state index contributed by atoms with van der Waals surface area (Å²) in [6, 6.07) is 25.8. The molecular weight excluding hydrogens is 450 g/mol. The minimum atomic E-state index is 0.0527. The van der Waals surface area contributed by atoms with E-state index >= 15 is 0 Å². The number of methoxy groups -OCH3 is 1.